The second-order valence-corrected chi connectivity index (χ2v) is 9.68. The maximum Gasteiger partial charge on any atom is 0.227 e. The van der Waals surface area contributed by atoms with Gasteiger partial charge < -0.3 is 9.64 Å². The first-order chi connectivity index (χ1) is 15.8. The van der Waals surface area contributed by atoms with Gasteiger partial charge in [-0.1, -0.05) is 32.9 Å². The van der Waals surface area contributed by atoms with Crippen LogP contribution in [-0.4, -0.2) is 46.0 Å². The molecule has 1 saturated heterocycles. The number of methoxy groups -OCH3 is 1. The van der Waals surface area contributed by atoms with E-state index in [0.717, 1.165) is 53.3 Å². The molecule has 4 rings (SSSR count). The zero-order chi connectivity index (χ0) is 23.4. The molecule has 1 unspecified atom stereocenters. The number of hydrogen-bond donors (Lipinski definition) is 0. The van der Waals surface area contributed by atoms with Crippen molar-refractivity contribution in [1.82, 2.24) is 19.9 Å². The average molecular weight is 445 g/mol. The van der Waals surface area contributed by atoms with E-state index in [1.807, 2.05) is 47.5 Å². The van der Waals surface area contributed by atoms with Crippen LogP contribution < -0.4 is 4.74 Å². The van der Waals surface area contributed by atoms with Gasteiger partial charge in [0.2, 0.25) is 5.91 Å². The van der Waals surface area contributed by atoms with Crippen LogP contribution in [-0.2, 0) is 16.6 Å². The van der Waals surface area contributed by atoms with E-state index in [0.29, 0.717) is 13.0 Å². The van der Waals surface area contributed by atoms with Crippen molar-refractivity contribution in [3.63, 3.8) is 0 Å². The third-order valence-corrected chi connectivity index (χ3v) is 6.16. The van der Waals surface area contributed by atoms with Crippen molar-refractivity contribution in [1.29, 1.82) is 0 Å². The molecule has 1 fully saturated rings. The van der Waals surface area contributed by atoms with Gasteiger partial charge in [-0.05, 0) is 48.2 Å². The first kappa shape index (κ1) is 22.9. The summed E-state index contributed by atoms with van der Waals surface area (Å²) in [7, 11) is 1.65. The SMILES string of the molecule is COc1ccc(CC(=O)N2CCCC(c3nc(C(C)(C)C)ncc3-c3ccncc3)C2)cc1. The highest BCUT2D eigenvalue weighted by atomic mass is 16.5. The van der Waals surface area contributed by atoms with Crippen LogP contribution in [0, 0.1) is 0 Å². The Morgan fingerprint density at radius 2 is 1.85 bits per heavy atom. The third kappa shape index (κ3) is 5.38. The molecule has 0 saturated carbocycles. The Morgan fingerprint density at radius 1 is 1.12 bits per heavy atom. The van der Waals surface area contributed by atoms with Crippen molar-refractivity contribution in [3.05, 3.63) is 72.1 Å². The number of pyridine rings is 1. The van der Waals surface area contributed by atoms with Crippen molar-refractivity contribution < 1.29 is 9.53 Å². The van der Waals surface area contributed by atoms with E-state index in [1.165, 1.54) is 0 Å². The lowest BCUT2D eigenvalue weighted by Crippen LogP contribution is -2.40. The van der Waals surface area contributed by atoms with Crippen molar-refractivity contribution in [2.75, 3.05) is 20.2 Å². The van der Waals surface area contributed by atoms with Crippen molar-refractivity contribution >= 4 is 5.91 Å². The molecule has 6 nitrogen and oxygen atoms in total. The summed E-state index contributed by atoms with van der Waals surface area (Å²) in [5.74, 6) is 1.95. The molecule has 33 heavy (non-hydrogen) atoms. The Bertz CT molecular complexity index is 1090. The number of nitrogens with zero attached hydrogens (tertiary/aromatic N) is 4. The number of ether oxygens (including phenoxy) is 1. The van der Waals surface area contributed by atoms with E-state index < -0.39 is 0 Å². The van der Waals surface area contributed by atoms with E-state index in [4.69, 9.17) is 9.72 Å². The predicted molar refractivity (Wildman–Crippen MR) is 129 cm³/mol. The van der Waals surface area contributed by atoms with Crippen LogP contribution in [0.15, 0.2) is 55.0 Å². The molecule has 6 heteroatoms. The molecule has 1 aliphatic rings. The molecule has 3 aromatic rings. The minimum Gasteiger partial charge on any atom is -0.497 e. The van der Waals surface area contributed by atoms with Gasteiger partial charge in [0.1, 0.15) is 11.6 Å². The zero-order valence-corrected chi connectivity index (χ0v) is 19.9. The summed E-state index contributed by atoms with van der Waals surface area (Å²) < 4.78 is 5.22. The van der Waals surface area contributed by atoms with Gasteiger partial charge in [0.05, 0.1) is 19.2 Å². The minimum atomic E-state index is -0.149. The molecule has 0 radical (unpaired) electrons. The summed E-state index contributed by atoms with van der Waals surface area (Å²) in [6, 6.07) is 11.7. The van der Waals surface area contributed by atoms with Crippen LogP contribution in [0.25, 0.3) is 11.1 Å². The largest absolute Gasteiger partial charge is 0.497 e. The van der Waals surface area contributed by atoms with Gasteiger partial charge in [-0.3, -0.25) is 9.78 Å². The Kier molecular flexibility index (Phi) is 6.72. The van der Waals surface area contributed by atoms with Crippen LogP contribution in [0.1, 0.15) is 56.6 Å². The number of rotatable bonds is 5. The molecule has 1 aromatic carbocycles. The van der Waals surface area contributed by atoms with Crippen molar-refractivity contribution in [2.24, 2.45) is 0 Å². The standard InChI is InChI=1S/C27H32N4O2/c1-27(2,3)26-29-17-23(20-11-13-28-14-12-20)25(30-26)21-6-5-15-31(18-21)24(32)16-19-7-9-22(33-4)10-8-19/h7-14,17,21H,5-6,15-16,18H2,1-4H3. The number of carbonyl (C=O) groups is 1. The number of benzene rings is 1. The maximum atomic E-state index is 13.1. The van der Waals surface area contributed by atoms with Gasteiger partial charge in [-0.25, -0.2) is 9.97 Å². The average Bonchev–Trinajstić information content (AvgIpc) is 2.84. The van der Waals surface area contributed by atoms with Crippen molar-refractivity contribution in [3.8, 4) is 16.9 Å². The Hall–Kier alpha value is -3.28. The first-order valence-electron chi connectivity index (χ1n) is 11.5. The molecule has 0 bridgehead atoms. The van der Waals surface area contributed by atoms with Gasteiger partial charge in [0.15, 0.2) is 0 Å². The molecule has 0 N–H and O–H groups in total. The number of likely N-dealkylation sites (tertiary alicyclic amines) is 1. The van der Waals surface area contributed by atoms with Crippen molar-refractivity contribution in [2.45, 2.75) is 51.4 Å². The molecular formula is C27H32N4O2. The molecule has 2 aromatic heterocycles. The zero-order valence-electron chi connectivity index (χ0n) is 19.9. The fraction of sp³-hybridized carbons (Fsp3) is 0.407. The van der Waals surface area contributed by atoms with Crippen LogP contribution in [0.5, 0.6) is 5.75 Å². The highest BCUT2D eigenvalue weighted by Gasteiger charge is 2.29. The lowest BCUT2D eigenvalue weighted by atomic mass is 9.88. The summed E-state index contributed by atoms with van der Waals surface area (Å²) in [6.45, 7) is 7.85. The lowest BCUT2D eigenvalue weighted by Gasteiger charge is -2.34. The van der Waals surface area contributed by atoms with Gasteiger partial charge in [-0.15, -0.1) is 0 Å². The highest BCUT2D eigenvalue weighted by molar-refractivity contribution is 5.79. The normalized spacial score (nSPS) is 16.5. The summed E-state index contributed by atoms with van der Waals surface area (Å²) in [6.07, 6.45) is 7.89. The molecule has 1 amide bonds. The lowest BCUT2D eigenvalue weighted by molar-refractivity contribution is -0.131. The minimum absolute atomic E-state index is 0.149. The van der Waals surface area contributed by atoms with E-state index in [-0.39, 0.29) is 17.2 Å². The van der Waals surface area contributed by atoms with E-state index in [2.05, 4.69) is 30.7 Å². The van der Waals surface area contributed by atoms with Crippen LogP contribution >= 0.6 is 0 Å². The third-order valence-electron chi connectivity index (χ3n) is 6.16. The molecule has 1 atom stereocenters. The van der Waals surface area contributed by atoms with E-state index in [9.17, 15) is 4.79 Å². The van der Waals surface area contributed by atoms with E-state index >= 15 is 0 Å². The topological polar surface area (TPSA) is 68.2 Å². The van der Waals surface area contributed by atoms with Crippen LogP contribution in [0.2, 0.25) is 0 Å². The smallest absolute Gasteiger partial charge is 0.227 e. The van der Waals surface area contributed by atoms with Gasteiger partial charge in [0, 0.05) is 48.6 Å². The summed E-state index contributed by atoms with van der Waals surface area (Å²) in [5, 5.41) is 0. The monoisotopic (exact) mass is 444 g/mol. The maximum absolute atomic E-state index is 13.1. The first-order valence-corrected chi connectivity index (χ1v) is 11.5. The summed E-state index contributed by atoms with van der Waals surface area (Å²) in [5.41, 5.74) is 3.96. The van der Waals surface area contributed by atoms with E-state index in [1.54, 1.807) is 19.5 Å². The second kappa shape index (κ2) is 9.69. The van der Waals surface area contributed by atoms with Gasteiger partial charge in [0.25, 0.3) is 0 Å². The predicted octanol–water partition coefficient (Wildman–Crippen LogP) is 4.79. The fourth-order valence-electron chi connectivity index (χ4n) is 4.28. The number of hydrogen-bond acceptors (Lipinski definition) is 5. The Morgan fingerprint density at radius 3 is 2.52 bits per heavy atom. The summed E-state index contributed by atoms with van der Waals surface area (Å²) in [4.78, 5) is 29.0. The molecule has 0 aliphatic carbocycles. The number of aromatic nitrogens is 3. The number of carbonyl (C=O) groups excluding carboxylic acids is 1. The van der Waals surface area contributed by atoms with Gasteiger partial charge >= 0.3 is 0 Å². The molecular weight excluding hydrogens is 412 g/mol. The number of amides is 1. The molecule has 172 valence electrons. The highest BCUT2D eigenvalue weighted by Crippen LogP contribution is 2.34. The fourth-order valence-corrected chi connectivity index (χ4v) is 4.28. The number of piperidine rings is 1. The van der Waals surface area contributed by atoms with Crippen LogP contribution in [0.4, 0.5) is 0 Å². The molecule has 1 aliphatic heterocycles. The Balaban J connectivity index is 1.59. The summed E-state index contributed by atoms with van der Waals surface area (Å²) >= 11 is 0. The second-order valence-electron chi connectivity index (χ2n) is 9.68. The van der Waals surface area contributed by atoms with Gasteiger partial charge in [-0.2, -0.15) is 0 Å². The Labute approximate surface area is 196 Å². The molecule has 3 heterocycles. The quantitative estimate of drug-likeness (QED) is 0.566. The molecule has 0 spiro atoms. The van der Waals surface area contributed by atoms with Crippen LogP contribution in [0.3, 0.4) is 0 Å².